The van der Waals surface area contributed by atoms with Crippen LogP contribution in [0.15, 0.2) is 18.2 Å². The largest absolute Gasteiger partial charge is 0.399 e. The Morgan fingerprint density at radius 2 is 1.94 bits per heavy atom. The van der Waals surface area contributed by atoms with Crippen LogP contribution in [0.1, 0.15) is 32.3 Å². The monoisotopic (exact) mass is 252 g/mol. The molecule has 94 valence electrons. The Balaban J connectivity index is 1.98. The van der Waals surface area contributed by atoms with Crippen LogP contribution in [0.5, 0.6) is 0 Å². The van der Waals surface area contributed by atoms with Crippen LogP contribution in [0, 0.1) is 5.41 Å². The van der Waals surface area contributed by atoms with Gasteiger partial charge in [-0.15, -0.1) is 0 Å². The van der Waals surface area contributed by atoms with Gasteiger partial charge in [0.05, 0.1) is 0 Å². The molecule has 0 atom stereocenters. The van der Waals surface area contributed by atoms with Crippen LogP contribution >= 0.6 is 11.6 Å². The van der Waals surface area contributed by atoms with Crippen LogP contribution in [0.4, 0.5) is 5.69 Å². The molecule has 17 heavy (non-hydrogen) atoms. The van der Waals surface area contributed by atoms with Crippen molar-refractivity contribution in [2.75, 3.05) is 18.8 Å². The maximum Gasteiger partial charge on any atom is 0.0471 e. The van der Waals surface area contributed by atoms with Crippen molar-refractivity contribution in [2.45, 2.75) is 33.2 Å². The van der Waals surface area contributed by atoms with Gasteiger partial charge in [-0.05, 0) is 49.0 Å². The van der Waals surface area contributed by atoms with Gasteiger partial charge in [0.1, 0.15) is 0 Å². The molecule has 0 spiro atoms. The first kappa shape index (κ1) is 12.7. The third-order valence-electron chi connectivity index (χ3n) is 3.68. The average Bonchev–Trinajstić information content (AvgIpc) is 2.25. The lowest BCUT2D eigenvalue weighted by Crippen LogP contribution is -2.36. The highest BCUT2D eigenvalue weighted by Crippen LogP contribution is 2.31. The van der Waals surface area contributed by atoms with E-state index in [2.05, 4.69) is 18.7 Å². The van der Waals surface area contributed by atoms with Crippen LogP contribution in [0.25, 0.3) is 0 Å². The van der Waals surface area contributed by atoms with E-state index >= 15 is 0 Å². The van der Waals surface area contributed by atoms with Gasteiger partial charge in [0.2, 0.25) is 0 Å². The lowest BCUT2D eigenvalue weighted by atomic mass is 9.82. The predicted molar refractivity (Wildman–Crippen MR) is 74.2 cm³/mol. The Labute approximate surface area is 109 Å². The van der Waals surface area contributed by atoms with Crippen LogP contribution in [-0.4, -0.2) is 18.0 Å². The minimum Gasteiger partial charge on any atom is -0.399 e. The molecule has 2 rings (SSSR count). The maximum absolute atomic E-state index is 6.20. The molecule has 2 N–H and O–H groups in total. The van der Waals surface area contributed by atoms with Crippen LogP contribution in [-0.2, 0) is 6.54 Å². The van der Waals surface area contributed by atoms with E-state index < -0.39 is 0 Å². The lowest BCUT2D eigenvalue weighted by Gasteiger charge is -2.37. The van der Waals surface area contributed by atoms with Gasteiger partial charge in [-0.3, -0.25) is 4.90 Å². The molecule has 1 saturated heterocycles. The Hall–Kier alpha value is -0.730. The second-order valence-electron chi connectivity index (χ2n) is 5.79. The Morgan fingerprint density at radius 1 is 1.29 bits per heavy atom. The van der Waals surface area contributed by atoms with Crippen LogP contribution < -0.4 is 5.73 Å². The van der Waals surface area contributed by atoms with E-state index in [1.807, 2.05) is 18.2 Å². The molecule has 1 aromatic carbocycles. The van der Waals surface area contributed by atoms with Gasteiger partial charge in [0.25, 0.3) is 0 Å². The third-order valence-corrected chi connectivity index (χ3v) is 4.03. The molecule has 1 aliphatic rings. The highest BCUT2D eigenvalue weighted by atomic mass is 35.5. The number of piperidine rings is 1. The SMILES string of the molecule is CC1(C)CCN(Cc2ccc(N)cc2Cl)CC1. The topological polar surface area (TPSA) is 29.3 Å². The second-order valence-corrected chi connectivity index (χ2v) is 6.20. The minimum absolute atomic E-state index is 0.501. The second kappa shape index (κ2) is 4.87. The predicted octanol–water partition coefficient (Wildman–Crippen LogP) is 3.54. The van der Waals surface area contributed by atoms with Gasteiger partial charge >= 0.3 is 0 Å². The van der Waals surface area contributed by atoms with Crippen molar-refractivity contribution in [2.24, 2.45) is 5.41 Å². The first-order chi connectivity index (χ1) is 7.96. The summed E-state index contributed by atoms with van der Waals surface area (Å²) in [6, 6.07) is 5.80. The van der Waals surface area contributed by atoms with Crippen molar-refractivity contribution in [3.8, 4) is 0 Å². The number of halogens is 1. The molecule has 0 radical (unpaired) electrons. The summed E-state index contributed by atoms with van der Waals surface area (Å²) < 4.78 is 0. The number of nitrogens with zero attached hydrogens (tertiary/aromatic N) is 1. The summed E-state index contributed by atoms with van der Waals surface area (Å²) in [6.45, 7) is 7.96. The summed E-state index contributed by atoms with van der Waals surface area (Å²) in [5, 5.41) is 0.787. The number of rotatable bonds is 2. The fourth-order valence-corrected chi connectivity index (χ4v) is 2.50. The molecule has 0 aromatic heterocycles. The Morgan fingerprint density at radius 3 is 2.53 bits per heavy atom. The third kappa shape index (κ3) is 3.36. The summed E-state index contributed by atoms with van der Waals surface area (Å²) in [7, 11) is 0. The number of hydrogen-bond donors (Lipinski definition) is 1. The standard InChI is InChI=1S/C14H21ClN2/c1-14(2)5-7-17(8-6-14)10-11-3-4-12(16)9-13(11)15/h3-4,9H,5-8,10,16H2,1-2H3. The summed E-state index contributed by atoms with van der Waals surface area (Å²) in [4.78, 5) is 2.47. The number of nitrogens with two attached hydrogens (primary N) is 1. The number of likely N-dealkylation sites (tertiary alicyclic amines) is 1. The summed E-state index contributed by atoms with van der Waals surface area (Å²) in [5.41, 5.74) is 8.12. The van der Waals surface area contributed by atoms with Gasteiger partial charge in [-0.1, -0.05) is 31.5 Å². The van der Waals surface area contributed by atoms with E-state index in [4.69, 9.17) is 17.3 Å². The van der Waals surface area contributed by atoms with E-state index in [1.54, 1.807) is 0 Å². The fraction of sp³-hybridized carbons (Fsp3) is 0.571. The molecule has 1 heterocycles. The summed E-state index contributed by atoms with van der Waals surface area (Å²) in [6.07, 6.45) is 2.53. The van der Waals surface area contributed by atoms with E-state index in [0.717, 1.165) is 30.3 Å². The molecule has 0 saturated carbocycles. The van der Waals surface area contributed by atoms with Crippen molar-refractivity contribution in [1.29, 1.82) is 0 Å². The average molecular weight is 253 g/mol. The normalized spacial score (nSPS) is 20.4. The lowest BCUT2D eigenvalue weighted by molar-refractivity contribution is 0.127. The quantitative estimate of drug-likeness (QED) is 0.816. The molecule has 0 aliphatic carbocycles. The van der Waals surface area contributed by atoms with Crippen LogP contribution in [0.2, 0.25) is 5.02 Å². The summed E-state index contributed by atoms with van der Waals surface area (Å²) in [5.74, 6) is 0. The van der Waals surface area contributed by atoms with Crippen LogP contribution in [0.3, 0.4) is 0 Å². The minimum atomic E-state index is 0.501. The first-order valence-corrected chi connectivity index (χ1v) is 6.60. The van der Waals surface area contributed by atoms with Crippen molar-refractivity contribution in [1.82, 2.24) is 4.90 Å². The van der Waals surface area contributed by atoms with Gasteiger partial charge < -0.3 is 5.73 Å². The van der Waals surface area contributed by atoms with Crippen molar-refractivity contribution < 1.29 is 0 Å². The first-order valence-electron chi connectivity index (χ1n) is 6.23. The van der Waals surface area contributed by atoms with Crippen molar-refractivity contribution in [3.63, 3.8) is 0 Å². The zero-order valence-corrected chi connectivity index (χ0v) is 11.4. The number of anilines is 1. The van der Waals surface area contributed by atoms with Gasteiger partial charge in [0, 0.05) is 17.3 Å². The highest BCUT2D eigenvalue weighted by molar-refractivity contribution is 6.31. The number of benzene rings is 1. The molecular formula is C14H21ClN2. The van der Waals surface area contributed by atoms with E-state index in [0.29, 0.717) is 5.41 Å². The Bertz CT molecular complexity index is 391. The maximum atomic E-state index is 6.20. The smallest absolute Gasteiger partial charge is 0.0471 e. The molecule has 3 heteroatoms. The molecule has 0 unspecified atom stereocenters. The molecule has 1 aliphatic heterocycles. The van der Waals surface area contributed by atoms with E-state index in [9.17, 15) is 0 Å². The zero-order valence-electron chi connectivity index (χ0n) is 10.7. The van der Waals surface area contributed by atoms with Gasteiger partial charge in [-0.2, -0.15) is 0 Å². The van der Waals surface area contributed by atoms with E-state index in [1.165, 1.54) is 18.4 Å². The molecule has 0 amide bonds. The Kier molecular flexibility index (Phi) is 3.64. The fourth-order valence-electron chi connectivity index (χ4n) is 2.25. The zero-order chi connectivity index (χ0) is 12.5. The molecular weight excluding hydrogens is 232 g/mol. The van der Waals surface area contributed by atoms with Crippen molar-refractivity contribution in [3.05, 3.63) is 28.8 Å². The summed E-state index contributed by atoms with van der Waals surface area (Å²) >= 11 is 6.20. The number of nitrogen functional groups attached to an aromatic ring is 1. The number of hydrogen-bond acceptors (Lipinski definition) is 2. The molecule has 1 aromatic rings. The molecule has 2 nitrogen and oxygen atoms in total. The van der Waals surface area contributed by atoms with Gasteiger partial charge in [0.15, 0.2) is 0 Å². The highest BCUT2D eigenvalue weighted by Gasteiger charge is 2.25. The molecule has 0 bridgehead atoms. The van der Waals surface area contributed by atoms with Gasteiger partial charge in [-0.25, -0.2) is 0 Å². The molecule has 1 fully saturated rings. The van der Waals surface area contributed by atoms with E-state index in [-0.39, 0.29) is 0 Å². The van der Waals surface area contributed by atoms with Crippen molar-refractivity contribution >= 4 is 17.3 Å².